The van der Waals surface area contributed by atoms with E-state index in [4.69, 9.17) is 9.47 Å². The second-order valence-electron chi connectivity index (χ2n) is 5.37. The molecule has 2 N–H and O–H groups in total. The monoisotopic (exact) mass is 315 g/mol. The van der Waals surface area contributed by atoms with Crippen LogP contribution in [0.3, 0.4) is 0 Å². The lowest BCUT2D eigenvalue weighted by Crippen LogP contribution is -2.56. The van der Waals surface area contributed by atoms with Crippen LogP contribution < -0.4 is 14.2 Å². The van der Waals surface area contributed by atoms with Crippen molar-refractivity contribution in [3.8, 4) is 11.5 Å². The minimum absolute atomic E-state index is 0.139. The van der Waals surface area contributed by atoms with Gasteiger partial charge >= 0.3 is 0 Å². The SMILES string of the molecule is COc1cc(C)c(S(=O)(=O)NC2(CO)CCC2)cc1OC. The van der Waals surface area contributed by atoms with Gasteiger partial charge in [0.15, 0.2) is 11.5 Å². The maximum atomic E-state index is 12.6. The fraction of sp³-hybridized carbons (Fsp3) is 0.571. The summed E-state index contributed by atoms with van der Waals surface area (Å²) in [4.78, 5) is 0.139. The molecule has 1 fully saturated rings. The number of ether oxygens (including phenoxy) is 2. The van der Waals surface area contributed by atoms with E-state index in [1.165, 1.54) is 20.3 Å². The van der Waals surface area contributed by atoms with Gasteiger partial charge in [0.1, 0.15) is 0 Å². The number of nitrogens with one attached hydrogen (secondary N) is 1. The van der Waals surface area contributed by atoms with E-state index in [1.54, 1.807) is 13.0 Å². The van der Waals surface area contributed by atoms with Crippen LogP contribution in [0.4, 0.5) is 0 Å². The molecular weight excluding hydrogens is 294 g/mol. The highest BCUT2D eigenvalue weighted by Crippen LogP contribution is 2.36. The highest BCUT2D eigenvalue weighted by molar-refractivity contribution is 7.89. The molecule has 1 saturated carbocycles. The third kappa shape index (κ3) is 3.00. The van der Waals surface area contributed by atoms with Gasteiger partial charge in [-0.2, -0.15) is 0 Å². The standard InChI is InChI=1S/C14H21NO5S/c1-10-7-11(19-2)12(20-3)8-13(10)21(17,18)15-14(9-16)5-4-6-14/h7-8,15-16H,4-6,9H2,1-3H3. The number of aliphatic hydroxyl groups excluding tert-OH is 1. The maximum Gasteiger partial charge on any atom is 0.241 e. The van der Waals surface area contributed by atoms with Crippen LogP contribution in [0, 0.1) is 6.92 Å². The van der Waals surface area contributed by atoms with Crippen LogP contribution in [0.1, 0.15) is 24.8 Å². The van der Waals surface area contributed by atoms with Crippen molar-refractivity contribution in [2.24, 2.45) is 0 Å². The van der Waals surface area contributed by atoms with Crippen molar-refractivity contribution >= 4 is 10.0 Å². The Bertz CT molecular complexity index is 617. The van der Waals surface area contributed by atoms with E-state index in [0.717, 1.165) is 6.42 Å². The second-order valence-corrected chi connectivity index (χ2v) is 7.02. The molecule has 0 radical (unpaired) electrons. The summed E-state index contributed by atoms with van der Waals surface area (Å²) >= 11 is 0. The van der Waals surface area contributed by atoms with Crippen molar-refractivity contribution in [3.63, 3.8) is 0 Å². The Morgan fingerprint density at radius 1 is 1.24 bits per heavy atom. The summed E-state index contributed by atoms with van der Waals surface area (Å²) in [5, 5.41) is 9.43. The summed E-state index contributed by atoms with van der Waals surface area (Å²) in [5.41, 5.74) is -0.161. The first-order valence-electron chi connectivity index (χ1n) is 6.75. The minimum atomic E-state index is -3.72. The molecule has 1 aromatic carbocycles. The molecule has 0 aromatic heterocycles. The first kappa shape index (κ1) is 16.1. The summed E-state index contributed by atoms with van der Waals surface area (Å²) in [6, 6.07) is 3.07. The van der Waals surface area contributed by atoms with Crippen LogP contribution in [-0.4, -0.2) is 39.9 Å². The van der Waals surface area contributed by atoms with Gasteiger partial charge in [-0.1, -0.05) is 0 Å². The average Bonchev–Trinajstić information content (AvgIpc) is 2.42. The molecule has 2 rings (SSSR count). The van der Waals surface area contributed by atoms with Crippen LogP contribution in [0.15, 0.2) is 17.0 Å². The molecule has 1 aliphatic rings. The van der Waals surface area contributed by atoms with E-state index in [2.05, 4.69) is 4.72 Å². The lowest BCUT2D eigenvalue weighted by molar-refractivity contribution is 0.110. The van der Waals surface area contributed by atoms with Crippen molar-refractivity contribution in [1.82, 2.24) is 4.72 Å². The smallest absolute Gasteiger partial charge is 0.241 e. The predicted molar refractivity (Wildman–Crippen MR) is 78.3 cm³/mol. The van der Waals surface area contributed by atoms with Crippen molar-refractivity contribution in [2.45, 2.75) is 36.6 Å². The molecule has 0 unspecified atom stereocenters. The second kappa shape index (κ2) is 5.82. The van der Waals surface area contributed by atoms with Crippen molar-refractivity contribution in [1.29, 1.82) is 0 Å². The van der Waals surface area contributed by atoms with Crippen molar-refractivity contribution < 1.29 is 23.0 Å². The number of aryl methyl sites for hydroxylation is 1. The summed E-state index contributed by atoms with van der Waals surface area (Å²) in [7, 11) is -0.769. The fourth-order valence-electron chi connectivity index (χ4n) is 2.49. The van der Waals surface area contributed by atoms with Gasteiger partial charge in [0.2, 0.25) is 10.0 Å². The number of rotatable bonds is 6. The normalized spacial score (nSPS) is 17.1. The molecule has 21 heavy (non-hydrogen) atoms. The van der Waals surface area contributed by atoms with E-state index in [0.29, 0.717) is 29.9 Å². The number of sulfonamides is 1. The molecule has 118 valence electrons. The number of methoxy groups -OCH3 is 2. The van der Waals surface area contributed by atoms with Crippen molar-refractivity contribution in [3.05, 3.63) is 17.7 Å². The molecule has 1 aromatic rings. The molecule has 0 amide bonds. The Labute approximate surface area is 125 Å². The van der Waals surface area contributed by atoms with E-state index in [9.17, 15) is 13.5 Å². The number of aliphatic hydroxyl groups is 1. The zero-order chi connectivity index (χ0) is 15.7. The quantitative estimate of drug-likeness (QED) is 0.824. The first-order valence-corrected chi connectivity index (χ1v) is 8.23. The zero-order valence-electron chi connectivity index (χ0n) is 12.5. The van der Waals surface area contributed by atoms with Gasteiger partial charge < -0.3 is 14.6 Å². The number of hydrogen-bond donors (Lipinski definition) is 2. The molecule has 0 bridgehead atoms. The van der Waals surface area contributed by atoms with E-state index in [1.807, 2.05) is 0 Å². The Morgan fingerprint density at radius 3 is 2.24 bits per heavy atom. The van der Waals surface area contributed by atoms with Gasteiger partial charge in [0.05, 0.1) is 31.3 Å². The average molecular weight is 315 g/mol. The third-order valence-corrected chi connectivity index (χ3v) is 5.66. The highest BCUT2D eigenvalue weighted by atomic mass is 32.2. The van der Waals surface area contributed by atoms with Crippen LogP contribution in [-0.2, 0) is 10.0 Å². The van der Waals surface area contributed by atoms with Crippen molar-refractivity contribution in [2.75, 3.05) is 20.8 Å². The zero-order valence-corrected chi connectivity index (χ0v) is 13.3. The molecule has 0 aliphatic heterocycles. The Balaban J connectivity index is 2.40. The lowest BCUT2D eigenvalue weighted by Gasteiger charge is -2.40. The topological polar surface area (TPSA) is 84.9 Å². The van der Waals surface area contributed by atoms with Gasteiger partial charge in [-0.3, -0.25) is 0 Å². The summed E-state index contributed by atoms with van der Waals surface area (Å²) in [5.74, 6) is 0.838. The van der Waals surface area contributed by atoms with Crippen LogP contribution in [0.2, 0.25) is 0 Å². The van der Waals surface area contributed by atoms with Gasteiger partial charge in [-0.05, 0) is 37.8 Å². The molecular formula is C14H21NO5S. The van der Waals surface area contributed by atoms with E-state index < -0.39 is 15.6 Å². The number of hydrogen-bond acceptors (Lipinski definition) is 5. The fourth-order valence-corrected chi connectivity index (χ4v) is 4.18. The minimum Gasteiger partial charge on any atom is -0.493 e. The van der Waals surface area contributed by atoms with Gasteiger partial charge in [0, 0.05) is 6.07 Å². The van der Waals surface area contributed by atoms with E-state index >= 15 is 0 Å². The number of benzene rings is 1. The Hall–Kier alpha value is -1.31. The first-order chi connectivity index (χ1) is 9.87. The summed E-state index contributed by atoms with van der Waals surface area (Å²) < 4.78 is 38.1. The van der Waals surface area contributed by atoms with Crippen LogP contribution >= 0.6 is 0 Å². The Morgan fingerprint density at radius 2 is 1.81 bits per heavy atom. The van der Waals surface area contributed by atoms with Gasteiger partial charge in [-0.15, -0.1) is 0 Å². The lowest BCUT2D eigenvalue weighted by atomic mass is 9.78. The highest BCUT2D eigenvalue weighted by Gasteiger charge is 2.40. The molecule has 0 saturated heterocycles. The largest absolute Gasteiger partial charge is 0.493 e. The summed E-state index contributed by atoms with van der Waals surface area (Å²) in [6.07, 6.45) is 2.21. The molecule has 1 aliphatic carbocycles. The molecule has 0 heterocycles. The van der Waals surface area contributed by atoms with Crippen LogP contribution in [0.25, 0.3) is 0 Å². The Kier molecular flexibility index (Phi) is 4.46. The van der Waals surface area contributed by atoms with Gasteiger partial charge in [0.25, 0.3) is 0 Å². The molecule has 0 spiro atoms. The van der Waals surface area contributed by atoms with Crippen LogP contribution in [0.5, 0.6) is 11.5 Å². The maximum absolute atomic E-state index is 12.6. The summed E-state index contributed by atoms with van der Waals surface area (Å²) in [6.45, 7) is 1.50. The van der Waals surface area contributed by atoms with E-state index in [-0.39, 0.29) is 11.5 Å². The van der Waals surface area contributed by atoms with Gasteiger partial charge in [-0.25, -0.2) is 13.1 Å². The molecule has 0 atom stereocenters. The predicted octanol–water partition coefficient (Wildman–Crippen LogP) is 1.21. The molecule has 6 nitrogen and oxygen atoms in total. The molecule has 7 heteroatoms. The third-order valence-electron chi connectivity index (χ3n) is 3.93.